The Morgan fingerprint density at radius 3 is 2.75 bits per heavy atom. The molecule has 20 heavy (non-hydrogen) atoms. The van der Waals surface area contributed by atoms with Gasteiger partial charge in [-0.1, -0.05) is 23.2 Å². The highest BCUT2D eigenvalue weighted by molar-refractivity contribution is 6.39. The zero-order valence-electron chi connectivity index (χ0n) is 11.1. The Morgan fingerprint density at radius 2 is 2.05 bits per heavy atom. The lowest BCUT2D eigenvalue weighted by Crippen LogP contribution is -2.08. The van der Waals surface area contributed by atoms with Gasteiger partial charge < -0.3 is 9.47 Å². The topological polar surface area (TPSA) is 48.4 Å². The molecule has 1 aromatic heterocycles. The second kappa shape index (κ2) is 6.29. The first-order valence-electron chi connectivity index (χ1n) is 5.98. The molecule has 0 fully saturated rings. The molecular weight excluding hydrogens is 301 g/mol. The number of esters is 1. The van der Waals surface area contributed by atoms with Crippen molar-refractivity contribution < 1.29 is 14.3 Å². The number of aromatic nitrogens is 1. The summed E-state index contributed by atoms with van der Waals surface area (Å²) in [5.74, 6) is 0.0854. The molecule has 6 heteroatoms. The van der Waals surface area contributed by atoms with Crippen molar-refractivity contribution >= 4 is 40.1 Å². The van der Waals surface area contributed by atoms with Gasteiger partial charge in [0.1, 0.15) is 5.52 Å². The summed E-state index contributed by atoms with van der Waals surface area (Å²) in [6, 6.07) is 5.33. The van der Waals surface area contributed by atoms with E-state index in [1.807, 2.05) is 19.1 Å². The number of carbonyl (C=O) groups excluding carboxylic acids is 1. The van der Waals surface area contributed by atoms with E-state index in [4.69, 9.17) is 27.9 Å². The molecule has 1 aromatic carbocycles. The van der Waals surface area contributed by atoms with Gasteiger partial charge in [-0.05, 0) is 25.1 Å². The van der Waals surface area contributed by atoms with Crippen molar-refractivity contribution in [1.29, 1.82) is 0 Å². The number of methoxy groups -OCH3 is 1. The number of carbonyl (C=O) groups is 1. The quantitative estimate of drug-likeness (QED) is 0.806. The summed E-state index contributed by atoms with van der Waals surface area (Å²) in [7, 11) is 1.33. The van der Waals surface area contributed by atoms with Crippen LogP contribution >= 0.6 is 23.2 Å². The number of benzene rings is 1. The number of aryl methyl sites for hydroxylation is 1. The Bertz CT molecular complexity index is 658. The highest BCUT2D eigenvalue weighted by atomic mass is 35.5. The molecule has 0 spiro atoms. The van der Waals surface area contributed by atoms with Gasteiger partial charge in [-0.25, -0.2) is 4.98 Å². The van der Waals surface area contributed by atoms with Gasteiger partial charge in [0, 0.05) is 11.1 Å². The van der Waals surface area contributed by atoms with Crippen LogP contribution in [0.25, 0.3) is 10.9 Å². The Balaban J connectivity index is 2.36. The largest absolute Gasteiger partial charge is 0.489 e. The molecule has 0 aliphatic rings. The standard InChI is InChI=1S/C14H13Cl2NO3/c1-8-3-4-9-10(15)7-11(16)14(13(9)17-8)20-6-5-12(18)19-2/h3-4,7H,5-6H2,1-2H3. The third-order valence-corrected chi connectivity index (χ3v) is 3.35. The minimum atomic E-state index is -0.344. The van der Waals surface area contributed by atoms with Crippen LogP contribution in [0.4, 0.5) is 0 Å². The average Bonchev–Trinajstić information content (AvgIpc) is 2.41. The maximum Gasteiger partial charge on any atom is 0.308 e. The highest BCUT2D eigenvalue weighted by Crippen LogP contribution is 2.37. The summed E-state index contributed by atoms with van der Waals surface area (Å²) < 4.78 is 10.1. The zero-order valence-corrected chi connectivity index (χ0v) is 12.6. The van der Waals surface area contributed by atoms with Crippen molar-refractivity contribution in [3.05, 3.63) is 33.9 Å². The number of hydrogen-bond donors (Lipinski definition) is 0. The van der Waals surface area contributed by atoms with E-state index in [9.17, 15) is 4.79 Å². The summed E-state index contributed by atoms with van der Waals surface area (Å²) in [5.41, 5.74) is 1.42. The Labute approximate surface area is 126 Å². The molecule has 0 saturated heterocycles. The Kier molecular flexibility index (Phi) is 4.68. The van der Waals surface area contributed by atoms with Crippen LogP contribution in [-0.4, -0.2) is 24.7 Å². The molecule has 0 aliphatic heterocycles. The molecule has 0 aliphatic carbocycles. The van der Waals surface area contributed by atoms with Gasteiger partial charge >= 0.3 is 5.97 Å². The summed E-state index contributed by atoms with van der Waals surface area (Å²) in [6.07, 6.45) is 0.142. The molecule has 0 saturated carbocycles. The number of ether oxygens (including phenoxy) is 2. The molecule has 2 rings (SSSR count). The first-order chi connectivity index (χ1) is 9.52. The van der Waals surface area contributed by atoms with Crippen molar-refractivity contribution in [1.82, 2.24) is 4.98 Å². The fourth-order valence-corrected chi connectivity index (χ4v) is 2.34. The molecule has 1 heterocycles. The van der Waals surface area contributed by atoms with Crippen molar-refractivity contribution in [2.24, 2.45) is 0 Å². The van der Waals surface area contributed by atoms with Gasteiger partial charge in [-0.3, -0.25) is 4.79 Å². The van der Waals surface area contributed by atoms with E-state index < -0.39 is 0 Å². The number of halogens is 2. The van der Waals surface area contributed by atoms with Gasteiger partial charge in [0.25, 0.3) is 0 Å². The van der Waals surface area contributed by atoms with E-state index in [0.717, 1.165) is 11.1 Å². The van der Waals surface area contributed by atoms with Crippen LogP contribution in [0.5, 0.6) is 5.75 Å². The van der Waals surface area contributed by atoms with Gasteiger partial charge in [0.15, 0.2) is 5.75 Å². The van der Waals surface area contributed by atoms with Crippen LogP contribution in [0.1, 0.15) is 12.1 Å². The second-order valence-electron chi connectivity index (χ2n) is 4.19. The first-order valence-corrected chi connectivity index (χ1v) is 6.73. The van der Waals surface area contributed by atoms with Crippen LogP contribution in [0.15, 0.2) is 18.2 Å². The number of fused-ring (bicyclic) bond motifs is 1. The molecule has 0 atom stereocenters. The lowest BCUT2D eigenvalue weighted by Gasteiger charge is -2.12. The predicted molar refractivity (Wildman–Crippen MR) is 78.6 cm³/mol. The maximum atomic E-state index is 11.1. The highest BCUT2D eigenvalue weighted by Gasteiger charge is 2.13. The van der Waals surface area contributed by atoms with Gasteiger partial charge in [-0.2, -0.15) is 0 Å². The third-order valence-electron chi connectivity index (χ3n) is 2.76. The lowest BCUT2D eigenvalue weighted by molar-refractivity contribution is -0.141. The summed E-state index contributed by atoms with van der Waals surface area (Å²) in [5, 5.41) is 1.64. The predicted octanol–water partition coefficient (Wildman–Crippen LogP) is 3.79. The maximum absolute atomic E-state index is 11.1. The molecule has 0 unspecified atom stereocenters. The molecular formula is C14H13Cl2NO3. The summed E-state index contributed by atoms with van der Waals surface area (Å²) in [6.45, 7) is 2.03. The van der Waals surface area contributed by atoms with Crippen LogP contribution in [0.2, 0.25) is 10.0 Å². The van der Waals surface area contributed by atoms with Crippen molar-refractivity contribution in [3.63, 3.8) is 0 Å². The SMILES string of the molecule is COC(=O)CCOc1c(Cl)cc(Cl)c2ccc(C)nc12. The minimum absolute atomic E-state index is 0.142. The molecule has 2 aromatic rings. The third kappa shape index (κ3) is 3.14. The van der Waals surface area contributed by atoms with Gasteiger partial charge in [-0.15, -0.1) is 0 Å². The van der Waals surface area contributed by atoms with Crippen molar-refractivity contribution in [3.8, 4) is 5.75 Å². The molecule has 0 N–H and O–H groups in total. The first kappa shape index (κ1) is 14.9. The average molecular weight is 314 g/mol. The fourth-order valence-electron chi connectivity index (χ4n) is 1.77. The molecule has 106 valence electrons. The van der Waals surface area contributed by atoms with Crippen molar-refractivity contribution in [2.45, 2.75) is 13.3 Å². The monoisotopic (exact) mass is 313 g/mol. The normalized spacial score (nSPS) is 10.6. The Hall–Kier alpha value is -1.52. The smallest absolute Gasteiger partial charge is 0.308 e. The molecule has 0 bridgehead atoms. The number of pyridine rings is 1. The fraction of sp³-hybridized carbons (Fsp3) is 0.286. The zero-order chi connectivity index (χ0) is 14.7. The molecule has 0 radical (unpaired) electrons. The van der Waals surface area contributed by atoms with E-state index in [1.165, 1.54) is 7.11 Å². The lowest BCUT2D eigenvalue weighted by atomic mass is 10.2. The number of nitrogens with zero attached hydrogens (tertiary/aromatic N) is 1. The second-order valence-corrected chi connectivity index (χ2v) is 5.01. The van der Waals surface area contributed by atoms with Crippen LogP contribution in [-0.2, 0) is 9.53 Å². The van der Waals surface area contributed by atoms with E-state index >= 15 is 0 Å². The number of hydrogen-bond acceptors (Lipinski definition) is 4. The van der Waals surface area contributed by atoms with Crippen LogP contribution < -0.4 is 4.74 Å². The van der Waals surface area contributed by atoms with E-state index in [0.29, 0.717) is 21.3 Å². The van der Waals surface area contributed by atoms with E-state index in [-0.39, 0.29) is 19.0 Å². The molecule has 0 amide bonds. The van der Waals surface area contributed by atoms with Crippen molar-refractivity contribution in [2.75, 3.05) is 13.7 Å². The minimum Gasteiger partial charge on any atom is -0.489 e. The van der Waals surface area contributed by atoms with Crippen LogP contribution in [0, 0.1) is 6.92 Å². The van der Waals surface area contributed by atoms with Crippen LogP contribution in [0.3, 0.4) is 0 Å². The number of rotatable bonds is 4. The summed E-state index contributed by atoms with van der Waals surface area (Å²) in [4.78, 5) is 15.5. The Morgan fingerprint density at radius 1 is 1.30 bits per heavy atom. The van der Waals surface area contributed by atoms with Gasteiger partial charge in [0.2, 0.25) is 0 Å². The van der Waals surface area contributed by atoms with E-state index in [1.54, 1.807) is 6.07 Å². The van der Waals surface area contributed by atoms with E-state index in [2.05, 4.69) is 9.72 Å². The molecule has 4 nitrogen and oxygen atoms in total. The summed E-state index contributed by atoms with van der Waals surface area (Å²) >= 11 is 12.3. The van der Waals surface area contributed by atoms with Gasteiger partial charge in [0.05, 0.1) is 30.2 Å².